The maximum Gasteiger partial charge on any atom is 0.254 e. The van der Waals surface area contributed by atoms with Gasteiger partial charge in [0.2, 0.25) is 11.8 Å². The zero-order valence-corrected chi connectivity index (χ0v) is 16.0. The number of benzene rings is 2. The van der Waals surface area contributed by atoms with Gasteiger partial charge in [-0.3, -0.25) is 14.4 Å². The highest BCUT2D eigenvalue weighted by atomic mass is 35.5. The van der Waals surface area contributed by atoms with Gasteiger partial charge in [-0.1, -0.05) is 35.9 Å². The minimum Gasteiger partial charge on any atom is -0.339 e. The van der Waals surface area contributed by atoms with Crippen LogP contribution in [0.1, 0.15) is 28.3 Å². The van der Waals surface area contributed by atoms with Crippen LogP contribution in [0.25, 0.3) is 0 Å². The number of piperazine rings is 1. The van der Waals surface area contributed by atoms with Crippen molar-refractivity contribution in [2.24, 2.45) is 0 Å². The number of carbonyl (C=O) groups is 3. The largest absolute Gasteiger partial charge is 0.339 e. The molecular weight excluding hydrogens is 378 g/mol. The third-order valence-corrected chi connectivity index (χ3v) is 5.48. The van der Waals surface area contributed by atoms with Crippen LogP contribution in [0.15, 0.2) is 48.5 Å². The van der Waals surface area contributed by atoms with Gasteiger partial charge in [0, 0.05) is 48.9 Å². The van der Waals surface area contributed by atoms with Crippen LogP contribution in [0.3, 0.4) is 0 Å². The maximum atomic E-state index is 13.1. The van der Waals surface area contributed by atoms with E-state index >= 15 is 0 Å². The Balaban J connectivity index is 1.43. The van der Waals surface area contributed by atoms with E-state index in [2.05, 4.69) is 5.32 Å². The molecule has 0 radical (unpaired) electrons. The predicted octanol–water partition coefficient (Wildman–Crippen LogP) is 2.75. The van der Waals surface area contributed by atoms with Crippen LogP contribution in [0.5, 0.6) is 0 Å². The number of rotatable bonds is 2. The molecule has 2 aliphatic rings. The molecular formula is C21H20ClN3O3. The van der Waals surface area contributed by atoms with Crippen molar-refractivity contribution in [3.8, 4) is 0 Å². The van der Waals surface area contributed by atoms with E-state index in [0.29, 0.717) is 42.5 Å². The Morgan fingerprint density at radius 1 is 0.964 bits per heavy atom. The average Bonchev–Trinajstić information content (AvgIpc) is 2.72. The first-order valence-electron chi connectivity index (χ1n) is 9.25. The van der Waals surface area contributed by atoms with Crippen molar-refractivity contribution in [2.75, 3.05) is 31.5 Å². The van der Waals surface area contributed by atoms with E-state index in [0.717, 1.165) is 5.56 Å². The van der Waals surface area contributed by atoms with E-state index in [1.807, 2.05) is 24.3 Å². The quantitative estimate of drug-likeness (QED) is 0.847. The molecule has 2 aromatic rings. The number of carbonyl (C=O) groups excluding carboxylic acids is 3. The highest BCUT2D eigenvalue weighted by Gasteiger charge is 2.35. The molecule has 1 atom stereocenters. The second-order valence-electron chi connectivity index (χ2n) is 7.02. The van der Waals surface area contributed by atoms with Gasteiger partial charge in [0.15, 0.2) is 0 Å². The molecule has 1 fully saturated rings. The molecule has 4 rings (SSSR count). The fourth-order valence-corrected chi connectivity index (χ4v) is 3.98. The van der Waals surface area contributed by atoms with Crippen LogP contribution in [0.2, 0.25) is 5.02 Å². The Labute approximate surface area is 168 Å². The second-order valence-corrected chi connectivity index (χ2v) is 7.46. The molecule has 0 spiro atoms. The van der Waals surface area contributed by atoms with Gasteiger partial charge in [-0.15, -0.1) is 0 Å². The Morgan fingerprint density at radius 2 is 1.68 bits per heavy atom. The molecule has 2 heterocycles. The number of para-hydroxylation sites is 1. The molecule has 1 saturated heterocycles. The third-order valence-electron chi connectivity index (χ3n) is 5.25. The van der Waals surface area contributed by atoms with Crippen molar-refractivity contribution in [3.05, 3.63) is 64.7 Å². The maximum absolute atomic E-state index is 13.1. The van der Waals surface area contributed by atoms with Crippen molar-refractivity contribution in [2.45, 2.75) is 12.3 Å². The molecule has 2 aliphatic heterocycles. The molecule has 28 heavy (non-hydrogen) atoms. The highest BCUT2D eigenvalue weighted by molar-refractivity contribution is 6.30. The van der Waals surface area contributed by atoms with Crippen molar-refractivity contribution in [1.82, 2.24) is 9.80 Å². The summed E-state index contributed by atoms with van der Waals surface area (Å²) in [5.74, 6) is -0.763. The smallest absolute Gasteiger partial charge is 0.254 e. The minimum absolute atomic E-state index is 0.0582. The van der Waals surface area contributed by atoms with E-state index in [4.69, 9.17) is 11.6 Å². The van der Waals surface area contributed by atoms with Crippen LogP contribution < -0.4 is 5.32 Å². The number of anilines is 1. The zero-order chi connectivity index (χ0) is 19.7. The molecule has 3 amide bonds. The minimum atomic E-state index is -0.472. The van der Waals surface area contributed by atoms with Crippen LogP contribution in [-0.4, -0.2) is 53.7 Å². The number of fused-ring (bicyclic) bond motifs is 1. The summed E-state index contributed by atoms with van der Waals surface area (Å²) in [6, 6.07) is 14.3. The summed E-state index contributed by atoms with van der Waals surface area (Å²) in [6.07, 6.45) is 0.150. The summed E-state index contributed by atoms with van der Waals surface area (Å²) in [4.78, 5) is 41.2. The van der Waals surface area contributed by atoms with E-state index in [-0.39, 0.29) is 24.1 Å². The van der Waals surface area contributed by atoms with Crippen molar-refractivity contribution in [1.29, 1.82) is 0 Å². The first-order valence-corrected chi connectivity index (χ1v) is 9.63. The summed E-state index contributed by atoms with van der Waals surface area (Å²) in [5, 5.41) is 3.34. The zero-order valence-electron chi connectivity index (χ0n) is 15.2. The number of hydrogen-bond donors (Lipinski definition) is 1. The summed E-state index contributed by atoms with van der Waals surface area (Å²) < 4.78 is 0. The van der Waals surface area contributed by atoms with E-state index in [1.54, 1.807) is 34.1 Å². The summed E-state index contributed by atoms with van der Waals surface area (Å²) >= 11 is 5.98. The van der Waals surface area contributed by atoms with Crippen molar-refractivity contribution < 1.29 is 14.4 Å². The lowest BCUT2D eigenvalue weighted by Crippen LogP contribution is -2.52. The van der Waals surface area contributed by atoms with E-state index < -0.39 is 5.92 Å². The molecule has 0 saturated carbocycles. The summed E-state index contributed by atoms with van der Waals surface area (Å²) in [5.41, 5.74) is 2.10. The van der Waals surface area contributed by atoms with E-state index in [1.165, 1.54) is 0 Å². The lowest BCUT2D eigenvalue weighted by atomic mass is 9.89. The van der Waals surface area contributed by atoms with Gasteiger partial charge in [-0.25, -0.2) is 0 Å². The lowest BCUT2D eigenvalue weighted by Gasteiger charge is -2.37. The van der Waals surface area contributed by atoms with Gasteiger partial charge in [0.1, 0.15) is 0 Å². The molecule has 1 unspecified atom stereocenters. The predicted molar refractivity (Wildman–Crippen MR) is 106 cm³/mol. The number of amides is 3. The molecule has 2 aromatic carbocycles. The highest BCUT2D eigenvalue weighted by Crippen LogP contribution is 2.33. The number of hydrogen-bond acceptors (Lipinski definition) is 3. The third kappa shape index (κ3) is 3.60. The Hall–Kier alpha value is -2.86. The number of nitrogens with zero attached hydrogens (tertiary/aromatic N) is 2. The standard InChI is InChI=1S/C21H20ClN3O3/c22-15-5-3-4-14(12-15)20(27)24-8-10-25(11-9-24)21(28)17-13-19(26)23-18-7-2-1-6-16(17)18/h1-7,12,17H,8-11,13H2,(H,23,26). The van der Waals surface area contributed by atoms with Crippen LogP contribution in [0.4, 0.5) is 5.69 Å². The summed E-state index contributed by atoms with van der Waals surface area (Å²) in [7, 11) is 0. The first-order chi connectivity index (χ1) is 13.5. The SMILES string of the molecule is O=C1CC(C(=O)N2CCN(C(=O)c3cccc(Cl)c3)CC2)c2ccccc2N1. The normalized spacial score (nSPS) is 19.0. The van der Waals surface area contributed by atoms with Gasteiger partial charge in [-0.2, -0.15) is 0 Å². The van der Waals surface area contributed by atoms with Gasteiger partial charge in [0.25, 0.3) is 5.91 Å². The lowest BCUT2D eigenvalue weighted by molar-refractivity contribution is -0.136. The van der Waals surface area contributed by atoms with Crippen LogP contribution >= 0.6 is 11.6 Å². The monoisotopic (exact) mass is 397 g/mol. The van der Waals surface area contributed by atoms with Crippen LogP contribution in [-0.2, 0) is 9.59 Å². The van der Waals surface area contributed by atoms with Crippen LogP contribution in [0, 0.1) is 0 Å². The number of halogens is 1. The molecule has 144 valence electrons. The van der Waals surface area contributed by atoms with Crippen molar-refractivity contribution in [3.63, 3.8) is 0 Å². The van der Waals surface area contributed by atoms with Gasteiger partial charge in [0.05, 0.1) is 5.92 Å². The molecule has 0 bridgehead atoms. The molecule has 6 nitrogen and oxygen atoms in total. The Morgan fingerprint density at radius 3 is 2.43 bits per heavy atom. The topological polar surface area (TPSA) is 69.7 Å². The average molecular weight is 398 g/mol. The summed E-state index contributed by atoms with van der Waals surface area (Å²) in [6.45, 7) is 1.81. The molecule has 0 aliphatic carbocycles. The first kappa shape index (κ1) is 18.5. The fourth-order valence-electron chi connectivity index (χ4n) is 3.79. The fraction of sp³-hybridized carbons (Fsp3) is 0.286. The molecule has 1 N–H and O–H groups in total. The Kier molecular flexibility index (Phi) is 5.05. The number of nitrogens with one attached hydrogen (secondary N) is 1. The van der Waals surface area contributed by atoms with Gasteiger partial charge >= 0.3 is 0 Å². The molecule has 7 heteroatoms. The second kappa shape index (κ2) is 7.64. The van der Waals surface area contributed by atoms with Gasteiger partial charge < -0.3 is 15.1 Å². The van der Waals surface area contributed by atoms with Crippen molar-refractivity contribution >= 4 is 35.0 Å². The molecule has 0 aromatic heterocycles. The Bertz CT molecular complexity index is 938. The van der Waals surface area contributed by atoms with E-state index in [9.17, 15) is 14.4 Å². The van der Waals surface area contributed by atoms with Gasteiger partial charge in [-0.05, 0) is 29.8 Å².